The van der Waals surface area contributed by atoms with Gasteiger partial charge in [-0.05, 0) is 18.3 Å². The number of rotatable bonds is 3. The lowest BCUT2D eigenvalue weighted by Gasteiger charge is -2.27. The smallest absolute Gasteiger partial charge is 0.0934 e. The highest BCUT2D eigenvalue weighted by molar-refractivity contribution is 5.79. The largest absolute Gasteiger partial charge is 0.387 e. The minimum Gasteiger partial charge on any atom is -0.387 e. The number of hydrogen-bond donors (Lipinski definition) is 1. The van der Waals surface area contributed by atoms with E-state index in [1.807, 2.05) is 0 Å². The molecule has 0 aliphatic heterocycles. The Bertz CT molecular complexity index is 175. The summed E-state index contributed by atoms with van der Waals surface area (Å²) in [5.74, 6) is 2.46. The van der Waals surface area contributed by atoms with Crippen molar-refractivity contribution in [2.45, 2.75) is 46.0 Å². The minimum atomic E-state index is 0.791. The number of amidine groups is 1. The van der Waals surface area contributed by atoms with Gasteiger partial charge < -0.3 is 5.73 Å². The van der Waals surface area contributed by atoms with Gasteiger partial charge in [0.2, 0.25) is 0 Å². The second kappa shape index (κ2) is 5.25. The molecule has 0 spiro atoms. The molecule has 2 heteroatoms. The maximum atomic E-state index is 5.69. The van der Waals surface area contributed by atoms with Crippen LogP contribution < -0.4 is 5.73 Å². The monoisotopic (exact) mass is 182 g/mol. The van der Waals surface area contributed by atoms with Crippen molar-refractivity contribution in [1.29, 1.82) is 0 Å². The molecule has 1 fully saturated rings. The van der Waals surface area contributed by atoms with Gasteiger partial charge in [0.25, 0.3) is 0 Å². The van der Waals surface area contributed by atoms with Crippen LogP contribution in [-0.4, -0.2) is 12.4 Å². The zero-order valence-corrected chi connectivity index (χ0v) is 8.92. The molecule has 1 rings (SSSR count). The van der Waals surface area contributed by atoms with Crippen LogP contribution >= 0.6 is 0 Å². The van der Waals surface area contributed by atoms with E-state index in [-0.39, 0.29) is 0 Å². The summed E-state index contributed by atoms with van der Waals surface area (Å²) in [6, 6.07) is 0. The molecule has 0 aromatic rings. The van der Waals surface area contributed by atoms with Crippen LogP contribution in [0.15, 0.2) is 4.99 Å². The van der Waals surface area contributed by atoms with E-state index < -0.39 is 0 Å². The Morgan fingerprint density at radius 1 is 1.38 bits per heavy atom. The van der Waals surface area contributed by atoms with Crippen molar-refractivity contribution < 1.29 is 0 Å². The molecule has 0 bridgehead atoms. The Kier molecular flexibility index (Phi) is 4.26. The fourth-order valence-electron chi connectivity index (χ4n) is 2.01. The number of nitrogens with zero attached hydrogens (tertiary/aromatic N) is 1. The highest BCUT2D eigenvalue weighted by Gasteiger charge is 2.20. The van der Waals surface area contributed by atoms with Crippen LogP contribution in [0, 0.1) is 11.8 Å². The SMILES string of the molecule is CCC(N)=NCC1CCCCC1C. The number of nitrogens with two attached hydrogens (primary N) is 1. The summed E-state index contributed by atoms with van der Waals surface area (Å²) < 4.78 is 0. The Morgan fingerprint density at radius 2 is 2.08 bits per heavy atom. The molecule has 0 heterocycles. The highest BCUT2D eigenvalue weighted by Crippen LogP contribution is 2.29. The molecule has 76 valence electrons. The fraction of sp³-hybridized carbons (Fsp3) is 0.909. The van der Waals surface area contributed by atoms with Gasteiger partial charge in [-0.1, -0.05) is 33.1 Å². The molecule has 2 atom stereocenters. The molecular formula is C11H22N2. The van der Waals surface area contributed by atoms with Crippen molar-refractivity contribution >= 4 is 5.84 Å². The summed E-state index contributed by atoms with van der Waals surface area (Å²) in [6.07, 6.45) is 6.41. The third kappa shape index (κ3) is 3.37. The topological polar surface area (TPSA) is 38.4 Å². The quantitative estimate of drug-likeness (QED) is 0.529. The van der Waals surface area contributed by atoms with Gasteiger partial charge in [0.05, 0.1) is 5.84 Å². The highest BCUT2D eigenvalue weighted by atomic mass is 14.8. The lowest BCUT2D eigenvalue weighted by atomic mass is 9.80. The van der Waals surface area contributed by atoms with E-state index in [2.05, 4.69) is 18.8 Å². The van der Waals surface area contributed by atoms with Crippen molar-refractivity contribution in [1.82, 2.24) is 0 Å². The van der Waals surface area contributed by atoms with Crippen molar-refractivity contribution in [3.63, 3.8) is 0 Å². The van der Waals surface area contributed by atoms with Gasteiger partial charge in [0.15, 0.2) is 0 Å². The molecule has 0 saturated heterocycles. The molecule has 0 amide bonds. The molecular weight excluding hydrogens is 160 g/mol. The van der Waals surface area contributed by atoms with E-state index in [1.165, 1.54) is 25.7 Å². The Balaban J connectivity index is 2.34. The van der Waals surface area contributed by atoms with E-state index in [0.717, 1.165) is 30.6 Å². The van der Waals surface area contributed by atoms with Gasteiger partial charge in [0.1, 0.15) is 0 Å². The van der Waals surface area contributed by atoms with E-state index >= 15 is 0 Å². The van der Waals surface area contributed by atoms with Crippen LogP contribution in [0.25, 0.3) is 0 Å². The summed E-state index contributed by atoms with van der Waals surface area (Å²) in [5.41, 5.74) is 5.69. The zero-order valence-electron chi connectivity index (χ0n) is 8.92. The number of hydrogen-bond acceptors (Lipinski definition) is 1. The molecule has 2 unspecified atom stereocenters. The third-order valence-electron chi connectivity index (χ3n) is 3.18. The second-order valence-corrected chi connectivity index (χ2v) is 4.21. The van der Waals surface area contributed by atoms with Crippen LogP contribution in [0.1, 0.15) is 46.0 Å². The summed E-state index contributed by atoms with van der Waals surface area (Å²) in [7, 11) is 0. The van der Waals surface area contributed by atoms with Crippen LogP contribution in [0.2, 0.25) is 0 Å². The van der Waals surface area contributed by atoms with Crippen LogP contribution in [0.3, 0.4) is 0 Å². The van der Waals surface area contributed by atoms with E-state index in [9.17, 15) is 0 Å². The molecule has 0 aromatic heterocycles. The van der Waals surface area contributed by atoms with Gasteiger partial charge in [-0.15, -0.1) is 0 Å². The van der Waals surface area contributed by atoms with E-state index in [1.54, 1.807) is 0 Å². The Labute approximate surface area is 81.6 Å². The summed E-state index contributed by atoms with van der Waals surface area (Å²) in [4.78, 5) is 4.41. The first-order chi connectivity index (χ1) is 6.24. The standard InChI is InChI=1S/C11H22N2/c1-3-11(12)13-8-10-7-5-4-6-9(10)2/h9-10H,3-8H2,1-2H3,(H2,12,13). The molecule has 2 N–H and O–H groups in total. The van der Waals surface area contributed by atoms with Gasteiger partial charge in [-0.2, -0.15) is 0 Å². The minimum absolute atomic E-state index is 0.791. The first-order valence-electron chi connectivity index (χ1n) is 5.52. The molecule has 1 aliphatic carbocycles. The maximum Gasteiger partial charge on any atom is 0.0934 e. The van der Waals surface area contributed by atoms with E-state index in [0.29, 0.717) is 0 Å². The van der Waals surface area contributed by atoms with Gasteiger partial charge in [0, 0.05) is 13.0 Å². The molecule has 0 radical (unpaired) electrons. The van der Waals surface area contributed by atoms with Crippen molar-refractivity contribution in [3.8, 4) is 0 Å². The average molecular weight is 182 g/mol. The number of aliphatic imine (C=N–C) groups is 1. The fourth-order valence-corrected chi connectivity index (χ4v) is 2.01. The average Bonchev–Trinajstić information content (AvgIpc) is 2.16. The first kappa shape index (κ1) is 10.6. The van der Waals surface area contributed by atoms with Gasteiger partial charge >= 0.3 is 0 Å². The Morgan fingerprint density at radius 3 is 2.69 bits per heavy atom. The summed E-state index contributed by atoms with van der Waals surface area (Å²) in [6.45, 7) is 5.37. The normalized spacial score (nSPS) is 30.5. The molecule has 0 aromatic carbocycles. The molecule has 13 heavy (non-hydrogen) atoms. The van der Waals surface area contributed by atoms with Crippen molar-refractivity contribution in [3.05, 3.63) is 0 Å². The first-order valence-corrected chi connectivity index (χ1v) is 5.52. The Hall–Kier alpha value is -0.530. The van der Waals surface area contributed by atoms with Gasteiger partial charge in [-0.3, -0.25) is 4.99 Å². The molecule has 1 saturated carbocycles. The third-order valence-corrected chi connectivity index (χ3v) is 3.18. The second-order valence-electron chi connectivity index (χ2n) is 4.21. The summed E-state index contributed by atoms with van der Waals surface area (Å²) in [5, 5.41) is 0. The zero-order chi connectivity index (χ0) is 9.68. The van der Waals surface area contributed by atoms with Crippen LogP contribution in [0.5, 0.6) is 0 Å². The predicted octanol–water partition coefficient (Wildman–Crippen LogP) is 2.58. The van der Waals surface area contributed by atoms with E-state index in [4.69, 9.17) is 5.73 Å². The lowest BCUT2D eigenvalue weighted by Crippen LogP contribution is -2.21. The van der Waals surface area contributed by atoms with Crippen molar-refractivity contribution in [2.75, 3.05) is 6.54 Å². The lowest BCUT2D eigenvalue weighted by molar-refractivity contribution is 0.264. The molecule has 2 nitrogen and oxygen atoms in total. The molecule has 1 aliphatic rings. The van der Waals surface area contributed by atoms with Gasteiger partial charge in [-0.25, -0.2) is 0 Å². The summed E-state index contributed by atoms with van der Waals surface area (Å²) >= 11 is 0. The van der Waals surface area contributed by atoms with Crippen LogP contribution in [0.4, 0.5) is 0 Å². The predicted molar refractivity (Wildman–Crippen MR) is 57.9 cm³/mol. The van der Waals surface area contributed by atoms with Crippen molar-refractivity contribution in [2.24, 2.45) is 22.6 Å². The van der Waals surface area contributed by atoms with Crippen LogP contribution in [-0.2, 0) is 0 Å². The maximum absolute atomic E-state index is 5.69.